The van der Waals surface area contributed by atoms with Crippen LogP contribution in [0, 0.1) is 0 Å². The number of imidazole rings is 1. The van der Waals surface area contributed by atoms with E-state index in [2.05, 4.69) is 62.9 Å². The van der Waals surface area contributed by atoms with Gasteiger partial charge >= 0.3 is 6.03 Å². The molecule has 5 aromatic rings. The zero-order valence-electron chi connectivity index (χ0n) is 19.1. The number of fused-ring (bicyclic) bond motifs is 1. The van der Waals surface area contributed by atoms with Crippen molar-refractivity contribution in [1.29, 1.82) is 0 Å². The fraction of sp³-hybridized carbons (Fsp3) is 0.154. The number of hydrogen-bond donors (Lipinski definition) is 2. The molecular weight excluding hydrogens is 444 g/mol. The minimum absolute atomic E-state index is 0.00232. The first-order valence-corrected chi connectivity index (χ1v) is 11.7. The Morgan fingerprint density at radius 3 is 2.35 bits per heavy atom. The Morgan fingerprint density at radius 1 is 0.882 bits per heavy atom. The average Bonchev–Trinajstić information content (AvgIpc) is 3.47. The van der Waals surface area contributed by atoms with E-state index in [1.54, 1.807) is 12.4 Å². The molecule has 7 nitrogen and oxygen atoms in total. The molecule has 0 fully saturated rings. The Morgan fingerprint density at radius 2 is 1.65 bits per heavy atom. The van der Waals surface area contributed by atoms with E-state index in [9.17, 15) is 4.79 Å². The minimum atomic E-state index is -0.319. The molecule has 0 aliphatic heterocycles. The molecule has 0 saturated heterocycles. The number of nitrogens with one attached hydrogen (secondary N) is 2. The molecule has 0 aliphatic carbocycles. The molecule has 0 bridgehead atoms. The van der Waals surface area contributed by atoms with Crippen LogP contribution in [0.2, 0.25) is 0 Å². The average molecular weight is 469 g/mol. The molecule has 4 heterocycles. The molecule has 2 N–H and O–H groups in total. The quantitative estimate of drug-likeness (QED) is 0.317. The van der Waals surface area contributed by atoms with Crippen LogP contribution in [0.3, 0.4) is 0 Å². The number of hydrogen-bond acceptors (Lipinski definition) is 5. The maximum Gasteiger partial charge on any atom is 0.325 e. The van der Waals surface area contributed by atoms with E-state index in [0.717, 1.165) is 32.9 Å². The lowest BCUT2D eigenvalue weighted by atomic mass is 9.96. The van der Waals surface area contributed by atoms with E-state index in [1.165, 1.54) is 11.3 Å². The van der Waals surface area contributed by atoms with Crippen LogP contribution in [0.4, 0.5) is 15.6 Å². The number of pyridine rings is 2. The Labute approximate surface area is 201 Å². The van der Waals surface area contributed by atoms with E-state index in [4.69, 9.17) is 0 Å². The third kappa shape index (κ3) is 4.53. The lowest BCUT2D eigenvalue weighted by Gasteiger charge is -2.14. The molecule has 2 amide bonds. The van der Waals surface area contributed by atoms with Crippen molar-refractivity contribution >= 4 is 33.8 Å². The van der Waals surface area contributed by atoms with Crippen molar-refractivity contribution in [3.63, 3.8) is 0 Å². The summed E-state index contributed by atoms with van der Waals surface area (Å²) in [5.74, 6) is 0. The second-order valence-electron chi connectivity index (χ2n) is 8.96. The Balaban J connectivity index is 1.29. The van der Waals surface area contributed by atoms with E-state index >= 15 is 0 Å². The van der Waals surface area contributed by atoms with Crippen molar-refractivity contribution < 1.29 is 4.79 Å². The number of amides is 2. The predicted octanol–water partition coefficient (Wildman–Crippen LogP) is 6.46. The van der Waals surface area contributed by atoms with Crippen molar-refractivity contribution in [3.05, 3.63) is 84.4 Å². The number of aromatic nitrogens is 4. The van der Waals surface area contributed by atoms with Crippen LogP contribution < -0.4 is 10.6 Å². The molecular formula is C26H24N6OS. The molecule has 5 rings (SSSR count). The van der Waals surface area contributed by atoms with Crippen LogP contribution in [0.5, 0.6) is 0 Å². The number of urea groups is 1. The summed E-state index contributed by atoms with van der Waals surface area (Å²) < 4.78 is 2.05. The summed E-state index contributed by atoms with van der Waals surface area (Å²) in [6.45, 7) is 6.36. The minimum Gasteiger partial charge on any atom is -0.308 e. The molecule has 8 heteroatoms. The zero-order chi connectivity index (χ0) is 23.7. The summed E-state index contributed by atoms with van der Waals surface area (Å²) in [4.78, 5) is 26.5. The highest BCUT2D eigenvalue weighted by molar-refractivity contribution is 7.15. The predicted molar refractivity (Wildman–Crippen MR) is 137 cm³/mol. The van der Waals surface area contributed by atoms with Gasteiger partial charge in [-0.15, -0.1) is 11.3 Å². The van der Waals surface area contributed by atoms with Gasteiger partial charge in [0.15, 0.2) is 5.13 Å². The van der Waals surface area contributed by atoms with Crippen LogP contribution in [-0.2, 0) is 5.41 Å². The van der Waals surface area contributed by atoms with Crippen molar-refractivity contribution in [2.75, 3.05) is 10.6 Å². The molecule has 4 aromatic heterocycles. The molecule has 34 heavy (non-hydrogen) atoms. The van der Waals surface area contributed by atoms with Gasteiger partial charge < -0.3 is 5.32 Å². The van der Waals surface area contributed by atoms with Gasteiger partial charge in [0.05, 0.1) is 11.9 Å². The van der Waals surface area contributed by atoms with Crippen LogP contribution in [0.1, 0.15) is 25.6 Å². The number of carbonyl (C=O) groups excluding carboxylic acids is 1. The van der Waals surface area contributed by atoms with Crippen LogP contribution >= 0.6 is 11.3 Å². The summed E-state index contributed by atoms with van der Waals surface area (Å²) in [5, 5.41) is 6.25. The van der Waals surface area contributed by atoms with E-state index in [1.807, 2.05) is 55.0 Å². The van der Waals surface area contributed by atoms with Crippen LogP contribution in [0.15, 0.2) is 79.5 Å². The van der Waals surface area contributed by atoms with E-state index < -0.39 is 0 Å². The number of anilines is 2. The largest absolute Gasteiger partial charge is 0.325 e. The Kier molecular flexibility index (Phi) is 5.59. The smallest absolute Gasteiger partial charge is 0.308 e. The Bertz CT molecular complexity index is 1450. The standard InChI is InChI=1S/C26H24N6OS/c1-26(2,3)22-16-29-25(34-22)31-24(33)30-20-6-4-18(5-7-20)21-15-28-23-14-19(10-13-32(21)23)17-8-11-27-12-9-17/h4-16H,1-3H3,(H2,29,30,31,33). The third-order valence-corrected chi connectivity index (χ3v) is 6.77. The van der Waals surface area contributed by atoms with Crippen molar-refractivity contribution in [2.24, 2.45) is 0 Å². The topological polar surface area (TPSA) is 84.2 Å². The number of nitrogens with zero attached hydrogens (tertiary/aromatic N) is 4. The van der Waals surface area contributed by atoms with Crippen molar-refractivity contribution in [3.8, 4) is 22.4 Å². The normalized spacial score (nSPS) is 11.5. The van der Waals surface area contributed by atoms with Gasteiger partial charge in [-0.1, -0.05) is 32.9 Å². The van der Waals surface area contributed by atoms with Gasteiger partial charge in [0.25, 0.3) is 0 Å². The first-order chi connectivity index (χ1) is 16.4. The van der Waals surface area contributed by atoms with Gasteiger partial charge in [0.1, 0.15) is 5.65 Å². The lowest BCUT2D eigenvalue weighted by molar-refractivity contribution is 0.262. The Hall–Kier alpha value is -4.04. The highest BCUT2D eigenvalue weighted by atomic mass is 32.1. The summed E-state index contributed by atoms with van der Waals surface area (Å²) in [6, 6.07) is 15.5. The molecule has 0 atom stereocenters. The van der Waals surface area contributed by atoms with Gasteiger partial charge in [0, 0.05) is 40.9 Å². The third-order valence-electron chi connectivity index (χ3n) is 5.43. The molecule has 170 valence electrons. The molecule has 0 unspecified atom stereocenters. The maximum absolute atomic E-state index is 12.4. The zero-order valence-corrected chi connectivity index (χ0v) is 19.9. The van der Waals surface area contributed by atoms with Gasteiger partial charge in [-0.05, 0) is 52.9 Å². The first kappa shape index (κ1) is 21.8. The second kappa shape index (κ2) is 8.72. The van der Waals surface area contributed by atoms with Gasteiger partial charge in [-0.2, -0.15) is 0 Å². The number of thiazole rings is 1. The van der Waals surface area contributed by atoms with E-state index in [-0.39, 0.29) is 11.4 Å². The lowest BCUT2D eigenvalue weighted by Crippen LogP contribution is -2.19. The maximum atomic E-state index is 12.4. The SMILES string of the molecule is CC(C)(C)c1cnc(NC(=O)Nc2ccc(-c3cnc4cc(-c5ccncc5)ccn34)cc2)s1. The summed E-state index contributed by atoms with van der Waals surface area (Å²) in [5.41, 5.74) is 5.74. The summed E-state index contributed by atoms with van der Waals surface area (Å²) >= 11 is 1.48. The summed E-state index contributed by atoms with van der Waals surface area (Å²) in [6.07, 6.45) is 9.26. The molecule has 0 spiro atoms. The van der Waals surface area contributed by atoms with Gasteiger partial charge in [-0.25, -0.2) is 14.8 Å². The monoisotopic (exact) mass is 468 g/mol. The number of benzene rings is 1. The number of carbonyl (C=O) groups is 1. The van der Waals surface area contributed by atoms with Crippen molar-refractivity contribution in [2.45, 2.75) is 26.2 Å². The fourth-order valence-electron chi connectivity index (χ4n) is 3.58. The molecule has 0 saturated carbocycles. The summed E-state index contributed by atoms with van der Waals surface area (Å²) in [7, 11) is 0. The van der Waals surface area contributed by atoms with Crippen LogP contribution in [0.25, 0.3) is 28.0 Å². The molecule has 0 aliphatic rings. The molecule has 1 aromatic carbocycles. The first-order valence-electron chi connectivity index (χ1n) is 10.9. The highest BCUT2D eigenvalue weighted by Gasteiger charge is 2.18. The van der Waals surface area contributed by atoms with Crippen molar-refractivity contribution in [1.82, 2.24) is 19.4 Å². The van der Waals surface area contributed by atoms with Gasteiger partial charge in [0.2, 0.25) is 0 Å². The van der Waals surface area contributed by atoms with Gasteiger partial charge in [-0.3, -0.25) is 14.7 Å². The van der Waals surface area contributed by atoms with E-state index in [0.29, 0.717) is 10.8 Å². The second-order valence-corrected chi connectivity index (χ2v) is 9.99. The highest BCUT2D eigenvalue weighted by Crippen LogP contribution is 2.30. The molecule has 0 radical (unpaired) electrons. The number of rotatable bonds is 4. The fourth-order valence-corrected chi connectivity index (χ4v) is 4.45. The van der Waals surface area contributed by atoms with Crippen LogP contribution in [-0.4, -0.2) is 25.4 Å².